The Hall–Kier alpha value is -1.01. The minimum atomic E-state index is 0.555. The SMILES string of the molecule is CCCOc1cc(NN)nc(SC)n1. The van der Waals surface area contributed by atoms with Crippen molar-refractivity contribution in [1.82, 2.24) is 9.97 Å². The average Bonchev–Trinajstić information content (AvgIpc) is 2.25. The van der Waals surface area contributed by atoms with Crippen molar-refractivity contribution in [3.05, 3.63) is 6.07 Å². The molecule has 3 N–H and O–H groups in total. The molecule has 0 aliphatic carbocycles. The van der Waals surface area contributed by atoms with Gasteiger partial charge in [0.15, 0.2) is 5.16 Å². The van der Waals surface area contributed by atoms with Crippen LogP contribution in [0.3, 0.4) is 0 Å². The van der Waals surface area contributed by atoms with Gasteiger partial charge in [-0.2, -0.15) is 4.98 Å². The van der Waals surface area contributed by atoms with Crippen molar-refractivity contribution in [3.63, 3.8) is 0 Å². The normalized spacial score (nSPS) is 9.93. The molecule has 5 nitrogen and oxygen atoms in total. The Balaban J connectivity index is 2.81. The molecule has 14 heavy (non-hydrogen) atoms. The van der Waals surface area contributed by atoms with Crippen molar-refractivity contribution in [2.75, 3.05) is 18.3 Å². The molecule has 0 aliphatic heterocycles. The molecule has 1 rings (SSSR count). The number of nitrogens with two attached hydrogens (primary N) is 1. The zero-order valence-electron chi connectivity index (χ0n) is 8.28. The van der Waals surface area contributed by atoms with Gasteiger partial charge in [0.05, 0.1) is 6.61 Å². The second kappa shape index (κ2) is 5.66. The van der Waals surface area contributed by atoms with E-state index in [9.17, 15) is 0 Å². The molecule has 0 unspecified atom stereocenters. The summed E-state index contributed by atoms with van der Waals surface area (Å²) in [6.45, 7) is 2.69. The zero-order valence-corrected chi connectivity index (χ0v) is 9.10. The molecular formula is C8H14N4OS. The quantitative estimate of drug-likeness (QED) is 0.333. The van der Waals surface area contributed by atoms with E-state index < -0.39 is 0 Å². The van der Waals surface area contributed by atoms with Gasteiger partial charge in [-0.25, -0.2) is 10.8 Å². The monoisotopic (exact) mass is 214 g/mol. The largest absolute Gasteiger partial charge is 0.478 e. The first-order chi connectivity index (χ1) is 6.80. The van der Waals surface area contributed by atoms with Gasteiger partial charge in [-0.05, 0) is 12.7 Å². The van der Waals surface area contributed by atoms with Gasteiger partial charge in [0.1, 0.15) is 5.82 Å². The molecule has 0 spiro atoms. The molecule has 0 fully saturated rings. The third-order valence-corrected chi connectivity index (χ3v) is 2.01. The molecule has 0 saturated heterocycles. The number of ether oxygens (including phenoxy) is 1. The van der Waals surface area contributed by atoms with E-state index in [4.69, 9.17) is 10.6 Å². The first kappa shape index (κ1) is 11.1. The van der Waals surface area contributed by atoms with Gasteiger partial charge in [-0.15, -0.1) is 0 Å². The van der Waals surface area contributed by atoms with Crippen LogP contribution in [-0.4, -0.2) is 22.8 Å². The predicted octanol–water partition coefficient (Wildman–Crippen LogP) is 1.27. The summed E-state index contributed by atoms with van der Waals surface area (Å²) in [7, 11) is 0. The number of hydrogen-bond donors (Lipinski definition) is 2. The fraction of sp³-hybridized carbons (Fsp3) is 0.500. The fourth-order valence-electron chi connectivity index (χ4n) is 0.850. The Morgan fingerprint density at radius 2 is 2.36 bits per heavy atom. The third kappa shape index (κ3) is 3.04. The highest BCUT2D eigenvalue weighted by Gasteiger charge is 2.03. The number of hydrazine groups is 1. The lowest BCUT2D eigenvalue weighted by molar-refractivity contribution is 0.302. The summed E-state index contributed by atoms with van der Waals surface area (Å²) < 4.78 is 5.38. The van der Waals surface area contributed by atoms with Gasteiger partial charge in [0.2, 0.25) is 5.88 Å². The molecular weight excluding hydrogens is 200 g/mol. The van der Waals surface area contributed by atoms with Crippen molar-refractivity contribution in [2.45, 2.75) is 18.5 Å². The van der Waals surface area contributed by atoms with E-state index in [0.717, 1.165) is 6.42 Å². The molecule has 1 heterocycles. The van der Waals surface area contributed by atoms with Crippen molar-refractivity contribution in [2.24, 2.45) is 5.84 Å². The maximum Gasteiger partial charge on any atom is 0.219 e. The first-order valence-electron chi connectivity index (χ1n) is 4.32. The molecule has 0 radical (unpaired) electrons. The summed E-state index contributed by atoms with van der Waals surface area (Å²) >= 11 is 1.45. The highest BCUT2D eigenvalue weighted by atomic mass is 32.2. The number of thioether (sulfide) groups is 1. The van der Waals surface area contributed by atoms with E-state index >= 15 is 0 Å². The number of aromatic nitrogens is 2. The van der Waals surface area contributed by atoms with Crippen LogP contribution in [0.2, 0.25) is 0 Å². The standard InChI is InChI=1S/C8H14N4OS/c1-3-4-13-7-5-6(12-9)10-8(11-7)14-2/h5H,3-4,9H2,1-2H3,(H,10,11,12). The maximum absolute atomic E-state index is 5.38. The van der Waals surface area contributed by atoms with Gasteiger partial charge >= 0.3 is 0 Å². The topological polar surface area (TPSA) is 73.1 Å². The van der Waals surface area contributed by atoms with Crippen LogP contribution < -0.4 is 16.0 Å². The molecule has 0 amide bonds. The Labute approximate surface area is 87.4 Å². The number of anilines is 1. The van der Waals surface area contributed by atoms with Crippen LogP contribution in [0, 0.1) is 0 Å². The lowest BCUT2D eigenvalue weighted by Crippen LogP contribution is -2.10. The van der Waals surface area contributed by atoms with E-state index in [1.807, 2.05) is 13.2 Å². The number of hydrogen-bond acceptors (Lipinski definition) is 6. The van der Waals surface area contributed by atoms with E-state index in [-0.39, 0.29) is 0 Å². The minimum absolute atomic E-state index is 0.555. The second-order valence-corrected chi connectivity index (χ2v) is 3.34. The molecule has 0 atom stereocenters. The van der Waals surface area contributed by atoms with Gasteiger partial charge < -0.3 is 10.2 Å². The predicted molar refractivity (Wildman–Crippen MR) is 57.4 cm³/mol. The van der Waals surface area contributed by atoms with Crippen LogP contribution in [0.4, 0.5) is 5.82 Å². The van der Waals surface area contributed by atoms with E-state index in [0.29, 0.717) is 23.5 Å². The number of nitrogen functional groups attached to an aromatic ring is 1. The minimum Gasteiger partial charge on any atom is -0.478 e. The summed E-state index contributed by atoms with van der Waals surface area (Å²) in [6, 6.07) is 1.68. The highest BCUT2D eigenvalue weighted by molar-refractivity contribution is 7.98. The second-order valence-electron chi connectivity index (χ2n) is 2.57. The average molecular weight is 214 g/mol. The molecule has 0 bridgehead atoms. The van der Waals surface area contributed by atoms with Crippen molar-refractivity contribution >= 4 is 17.6 Å². The summed E-state index contributed by atoms with van der Waals surface area (Å²) in [5.41, 5.74) is 2.47. The summed E-state index contributed by atoms with van der Waals surface area (Å²) in [4.78, 5) is 8.29. The van der Waals surface area contributed by atoms with Crippen LogP contribution >= 0.6 is 11.8 Å². The van der Waals surface area contributed by atoms with Gasteiger partial charge in [0.25, 0.3) is 0 Å². The first-order valence-corrected chi connectivity index (χ1v) is 5.55. The molecule has 1 aromatic rings. The van der Waals surface area contributed by atoms with Crippen LogP contribution in [0.5, 0.6) is 5.88 Å². The van der Waals surface area contributed by atoms with Crippen LogP contribution in [0.1, 0.15) is 13.3 Å². The van der Waals surface area contributed by atoms with E-state index in [2.05, 4.69) is 15.4 Å². The van der Waals surface area contributed by atoms with Gasteiger partial charge in [0, 0.05) is 6.07 Å². The summed E-state index contributed by atoms with van der Waals surface area (Å²) in [5.74, 6) is 6.39. The number of rotatable bonds is 5. The fourth-order valence-corrected chi connectivity index (χ4v) is 1.22. The van der Waals surface area contributed by atoms with E-state index in [1.165, 1.54) is 11.8 Å². The lowest BCUT2D eigenvalue weighted by atomic mass is 10.5. The maximum atomic E-state index is 5.38. The smallest absolute Gasteiger partial charge is 0.219 e. The third-order valence-electron chi connectivity index (χ3n) is 1.47. The Bertz CT molecular complexity index is 272. The molecule has 6 heteroatoms. The molecule has 0 aromatic carbocycles. The molecule has 0 aliphatic rings. The summed E-state index contributed by atoms with van der Waals surface area (Å²) in [5, 5.41) is 0.645. The van der Waals surface area contributed by atoms with Gasteiger partial charge in [-0.1, -0.05) is 18.7 Å². The van der Waals surface area contributed by atoms with Crippen molar-refractivity contribution in [3.8, 4) is 5.88 Å². The van der Waals surface area contributed by atoms with Crippen LogP contribution in [0.25, 0.3) is 0 Å². The number of nitrogens with one attached hydrogen (secondary N) is 1. The summed E-state index contributed by atoms with van der Waals surface area (Å²) in [6.07, 6.45) is 2.85. The molecule has 78 valence electrons. The van der Waals surface area contributed by atoms with Crippen molar-refractivity contribution < 1.29 is 4.74 Å². The van der Waals surface area contributed by atoms with Crippen LogP contribution in [-0.2, 0) is 0 Å². The zero-order chi connectivity index (χ0) is 10.4. The Morgan fingerprint density at radius 1 is 1.57 bits per heavy atom. The Kier molecular flexibility index (Phi) is 4.48. The molecule has 0 saturated carbocycles. The Morgan fingerprint density at radius 3 is 2.93 bits per heavy atom. The van der Waals surface area contributed by atoms with Gasteiger partial charge in [-0.3, -0.25) is 0 Å². The van der Waals surface area contributed by atoms with Crippen LogP contribution in [0.15, 0.2) is 11.2 Å². The highest BCUT2D eigenvalue weighted by Crippen LogP contribution is 2.18. The lowest BCUT2D eigenvalue weighted by Gasteiger charge is -2.06. The van der Waals surface area contributed by atoms with E-state index in [1.54, 1.807) is 6.07 Å². The molecule has 1 aromatic heterocycles. The van der Waals surface area contributed by atoms with Crippen molar-refractivity contribution in [1.29, 1.82) is 0 Å². The number of nitrogens with zero attached hydrogens (tertiary/aromatic N) is 2.